The summed E-state index contributed by atoms with van der Waals surface area (Å²) in [4.78, 5) is 0. The summed E-state index contributed by atoms with van der Waals surface area (Å²) in [5.74, 6) is 0. The molecule has 3 heteroatoms. The predicted molar refractivity (Wildman–Crippen MR) is 61.9 cm³/mol. The Morgan fingerprint density at radius 3 is 2.57 bits per heavy atom. The van der Waals surface area contributed by atoms with E-state index in [-0.39, 0.29) is 0 Å². The highest BCUT2D eigenvalue weighted by Gasteiger charge is 2.22. The summed E-state index contributed by atoms with van der Waals surface area (Å²) in [6, 6.07) is 9.60. The first-order valence-electron chi connectivity index (χ1n) is 5.06. The Bertz CT molecular complexity index is 297. The standard InChI is InChI=1S/C11H15BrN2/c1-2-10-7-11(14-13-10)8-3-5-9(12)6-4-8/h3-6,10-11,13-14H,2,7H2,1H3. The van der Waals surface area contributed by atoms with Crippen LogP contribution in [0.4, 0.5) is 0 Å². The molecule has 0 bridgehead atoms. The highest BCUT2D eigenvalue weighted by Crippen LogP contribution is 2.24. The quantitative estimate of drug-likeness (QED) is 0.849. The summed E-state index contributed by atoms with van der Waals surface area (Å²) in [6.07, 6.45) is 2.36. The minimum absolute atomic E-state index is 0.466. The number of rotatable bonds is 2. The fourth-order valence-electron chi connectivity index (χ4n) is 1.80. The molecule has 2 rings (SSSR count). The lowest BCUT2D eigenvalue weighted by atomic mass is 10.0. The summed E-state index contributed by atoms with van der Waals surface area (Å²) in [5, 5.41) is 0. The van der Waals surface area contributed by atoms with Gasteiger partial charge in [-0.2, -0.15) is 0 Å². The lowest BCUT2D eigenvalue weighted by Crippen LogP contribution is -2.30. The minimum Gasteiger partial charge on any atom is -0.254 e. The van der Waals surface area contributed by atoms with E-state index in [9.17, 15) is 0 Å². The molecule has 76 valence electrons. The predicted octanol–water partition coefficient (Wildman–Crippen LogP) is 2.77. The van der Waals surface area contributed by atoms with Gasteiger partial charge in [0, 0.05) is 16.6 Å². The molecule has 0 radical (unpaired) electrons. The van der Waals surface area contributed by atoms with Crippen LogP contribution in [0.3, 0.4) is 0 Å². The fourth-order valence-corrected chi connectivity index (χ4v) is 2.07. The number of nitrogens with one attached hydrogen (secondary N) is 2. The van der Waals surface area contributed by atoms with E-state index in [0.717, 1.165) is 4.47 Å². The zero-order valence-corrected chi connectivity index (χ0v) is 9.84. The highest BCUT2D eigenvalue weighted by molar-refractivity contribution is 9.10. The molecule has 1 aromatic carbocycles. The minimum atomic E-state index is 0.466. The third kappa shape index (κ3) is 2.16. The van der Waals surface area contributed by atoms with Crippen molar-refractivity contribution in [1.82, 2.24) is 10.9 Å². The first-order chi connectivity index (χ1) is 6.79. The number of hydrogen-bond acceptors (Lipinski definition) is 2. The Morgan fingerprint density at radius 2 is 2.00 bits per heavy atom. The average molecular weight is 255 g/mol. The maximum Gasteiger partial charge on any atom is 0.0477 e. The number of hydrogen-bond donors (Lipinski definition) is 2. The molecule has 14 heavy (non-hydrogen) atoms. The van der Waals surface area contributed by atoms with Gasteiger partial charge in [0.2, 0.25) is 0 Å². The average Bonchev–Trinajstić information content (AvgIpc) is 2.67. The molecule has 2 N–H and O–H groups in total. The van der Waals surface area contributed by atoms with Gasteiger partial charge in [-0.1, -0.05) is 35.0 Å². The third-order valence-electron chi connectivity index (χ3n) is 2.75. The van der Waals surface area contributed by atoms with Gasteiger partial charge >= 0.3 is 0 Å². The van der Waals surface area contributed by atoms with Crippen molar-refractivity contribution in [3.05, 3.63) is 34.3 Å². The lowest BCUT2D eigenvalue weighted by molar-refractivity contribution is 0.532. The summed E-state index contributed by atoms with van der Waals surface area (Å²) < 4.78 is 1.14. The zero-order chi connectivity index (χ0) is 9.97. The van der Waals surface area contributed by atoms with Crippen LogP contribution in [0, 0.1) is 0 Å². The Labute approximate surface area is 93.2 Å². The van der Waals surface area contributed by atoms with Crippen molar-refractivity contribution < 1.29 is 0 Å². The van der Waals surface area contributed by atoms with Gasteiger partial charge in [0.1, 0.15) is 0 Å². The monoisotopic (exact) mass is 254 g/mol. The van der Waals surface area contributed by atoms with Crippen molar-refractivity contribution >= 4 is 15.9 Å². The molecule has 0 spiro atoms. The Balaban J connectivity index is 2.06. The maximum absolute atomic E-state index is 3.44. The molecule has 0 aliphatic carbocycles. The fraction of sp³-hybridized carbons (Fsp3) is 0.455. The van der Waals surface area contributed by atoms with Crippen molar-refractivity contribution in [2.24, 2.45) is 0 Å². The number of halogens is 1. The van der Waals surface area contributed by atoms with Crippen LogP contribution in [0.25, 0.3) is 0 Å². The van der Waals surface area contributed by atoms with Gasteiger partial charge in [0.05, 0.1) is 0 Å². The van der Waals surface area contributed by atoms with Crippen LogP contribution in [0.1, 0.15) is 31.4 Å². The van der Waals surface area contributed by atoms with E-state index < -0.39 is 0 Å². The Hall–Kier alpha value is -0.380. The second-order valence-electron chi connectivity index (χ2n) is 3.73. The van der Waals surface area contributed by atoms with Gasteiger partial charge < -0.3 is 0 Å². The maximum atomic E-state index is 3.44. The van der Waals surface area contributed by atoms with Crippen LogP contribution in [-0.4, -0.2) is 6.04 Å². The summed E-state index contributed by atoms with van der Waals surface area (Å²) in [5.41, 5.74) is 7.99. The van der Waals surface area contributed by atoms with Crippen molar-refractivity contribution in [1.29, 1.82) is 0 Å². The van der Waals surface area contributed by atoms with Gasteiger partial charge in [0.15, 0.2) is 0 Å². The van der Waals surface area contributed by atoms with Crippen LogP contribution in [-0.2, 0) is 0 Å². The normalized spacial score (nSPS) is 26.7. The topological polar surface area (TPSA) is 24.1 Å². The molecule has 1 aliphatic heterocycles. The Kier molecular flexibility index (Phi) is 3.21. The molecule has 1 fully saturated rings. The largest absolute Gasteiger partial charge is 0.254 e. The van der Waals surface area contributed by atoms with Crippen LogP contribution in [0.15, 0.2) is 28.7 Å². The van der Waals surface area contributed by atoms with Crippen LogP contribution in [0.2, 0.25) is 0 Å². The van der Waals surface area contributed by atoms with E-state index >= 15 is 0 Å². The van der Waals surface area contributed by atoms with Crippen molar-refractivity contribution in [3.8, 4) is 0 Å². The summed E-state index contributed by atoms with van der Waals surface area (Å²) >= 11 is 3.44. The molecular formula is C11H15BrN2. The van der Waals surface area contributed by atoms with Gasteiger partial charge in [-0.25, -0.2) is 0 Å². The van der Waals surface area contributed by atoms with Gasteiger partial charge in [0.25, 0.3) is 0 Å². The summed E-state index contributed by atoms with van der Waals surface area (Å²) in [7, 11) is 0. The molecule has 1 heterocycles. The van der Waals surface area contributed by atoms with E-state index in [1.165, 1.54) is 18.4 Å². The molecule has 0 amide bonds. The zero-order valence-electron chi connectivity index (χ0n) is 8.26. The van der Waals surface area contributed by atoms with E-state index in [1.54, 1.807) is 0 Å². The molecular weight excluding hydrogens is 240 g/mol. The van der Waals surface area contributed by atoms with Gasteiger partial charge in [-0.15, -0.1) is 0 Å². The van der Waals surface area contributed by atoms with Crippen LogP contribution >= 0.6 is 15.9 Å². The first kappa shape index (κ1) is 10.1. The number of benzene rings is 1. The second-order valence-corrected chi connectivity index (χ2v) is 4.65. The molecule has 0 aromatic heterocycles. The van der Waals surface area contributed by atoms with E-state index in [4.69, 9.17) is 0 Å². The van der Waals surface area contributed by atoms with E-state index in [0.29, 0.717) is 12.1 Å². The molecule has 1 saturated heterocycles. The molecule has 1 aliphatic rings. The van der Waals surface area contributed by atoms with E-state index in [2.05, 4.69) is 58.0 Å². The third-order valence-corrected chi connectivity index (χ3v) is 3.28. The Morgan fingerprint density at radius 1 is 1.29 bits per heavy atom. The molecule has 2 atom stereocenters. The first-order valence-corrected chi connectivity index (χ1v) is 5.85. The number of hydrazine groups is 1. The van der Waals surface area contributed by atoms with Gasteiger partial charge in [-0.05, 0) is 30.5 Å². The smallest absolute Gasteiger partial charge is 0.0477 e. The molecule has 2 unspecified atom stereocenters. The molecule has 2 nitrogen and oxygen atoms in total. The van der Waals surface area contributed by atoms with Gasteiger partial charge in [-0.3, -0.25) is 10.9 Å². The highest BCUT2D eigenvalue weighted by atomic mass is 79.9. The SMILES string of the molecule is CCC1CC(c2ccc(Br)cc2)NN1. The van der Waals surface area contributed by atoms with Crippen molar-refractivity contribution in [3.63, 3.8) is 0 Å². The molecule has 1 aromatic rings. The van der Waals surface area contributed by atoms with Crippen LogP contribution < -0.4 is 10.9 Å². The van der Waals surface area contributed by atoms with Crippen LogP contribution in [0.5, 0.6) is 0 Å². The summed E-state index contributed by atoms with van der Waals surface area (Å²) in [6.45, 7) is 2.21. The van der Waals surface area contributed by atoms with Crippen molar-refractivity contribution in [2.45, 2.75) is 31.8 Å². The second kappa shape index (κ2) is 4.43. The van der Waals surface area contributed by atoms with E-state index in [1.807, 2.05) is 0 Å². The van der Waals surface area contributed by atoms with Crippen molar-refractivity contribution in [2.75, 3.05) is 0 Å². The molecule has 0 saturated carbocycles. The lowest BCUT2D eigenvalue weighted by Gasteiger charge is -2.09.